The number of halogens is 1. The van der Waals surface area contributed by atoms with Crippen LogP contribution in [0.2, 0.25) is 5.02 Å². The van der Waals surface area contributed by atoms with Gasteiger partial charge in [-0.05, 0) is 37.3 Å². The van der Waals surface area contributed by atoms with Crippen molar-refractivity contribution in [2.75, 3.05) is 6.61 Å². The van der Waals surface area contributed by atoms with Crippen molar-refractivity contribution >= 4 is 23.7 Å². The molecule has 2 aromatic carbocycles. The monoisotopic (exact) mass is 368 g/mol. The van der Waals surface area contributed by atoms with Gasteiger partial charge in [0, 0.05) is 16.1 Å². The van der Waals surface area contributed by atoms with E-state index in [-0.39, 0.29) is 5.91 Å². The highest BCUT2D eigenvalue weighted by Crippen LogP contribution is 2.20. The van der Waals surface area contributed by atoms with Gasteiger partial charge < -0.3 is 4.74 Å². The van der Waals surface area contributed by atoms with Crippen LogP contribution in [0.4, 0.5) is 0 Å². The maximum absolute atomic E-state index is 12.2. The SMILES string of the molecule is CCOc1ccccc1/C=N/NC(=O)c1cc(-c2ccc(Cl)cc2)n[nH]1. The van der Waals surface area contributed by atoms with Crippen LogP contribution in [0.1, 0.15) is 23.0 Å². The maximum atomic E-state index is 12.2. The molecule has 0 unspecified atom stereocenters. The Morgan fingerprint density at radius 2 is 2.04 bits per heavy atom. The van der Waals surface area contributed by atoms with Crippen molar-refractivity contribution in [3.8, 4) is 17.0 Å². The van der Waals surface area contributed by atoms with Gasteiger partial charge in [-0.15, -0.1) is 0 Å². The summed E-state index contributed by atoms with van der Waals surface area (Å²) in [5, 5.41) is 11.5. The molecule has 1 aromatic heterocycles. The standard InChI is InChI=1S/C19H17ClN4O2/c1-2-26-18-6-4-3-5-14(18)12-21-24-19(25)17-11-16(22-23-17)13-7-9-15(20)10-8-13/h3-12H,2H2,1H3,(H,22,23)(H,24,25)/b21-12+. The van der Waals surface area contributed by atoms with Gasteiger partial charge in [0.1, 0.15) is 11.4 Å². The summed E-state index contributed by atoms with van der Waals surface area (Å²) in [4.78, 5) is 12.2. The average molecular weight is 369 g/mol. The molecule has 6 nitrogen and oxygen atoms in total. The van der Waals surface area contributed by atoms with Crippen molar-refractivity contribution in [1.82, 2.24) is 15.6 Å². The van der Waals surface area contributed by atoms with E-state index in [1.54, 1.807) is 24.4 Å². The number of ether oxygens (including phenoxy) is 1. The predicted molar refractivity (Wildman–Crippen MR) is 102 cm³/mol. The molecule has 0 fully saturated rings. The molecule has 0 aliphatic carbocycles. The number of benzene rings is 2. The van der Waals surface area contributed by atoms with Crippen molar-refractivity contribution < 1.29 is 9.53 Å². The van der Waals surface area contributed by atoms with E-state index in [1.807, 2.05) is 43.3 Å². The second kappa shape index (κ2) is 8.31. The Morgan fingerprint density at radius 1 is 1.27 bits per heavy atom. The van der Waals surface area contributed by atoms with Crippen LogP contribution in [0.5, 0.6) is 5.75 Å². The largest absolute Gasteiger partial charge is 0.493 e. The molecule has 0 bridgehead atoms. The van der Waals surface area contributed by atoms with Crippen molar-refractivity contribution in [3.05, 3.63) is 70.9 Å². The van der Waals surface area contributed by atoms with Crippen molar-refractivity contribution in [2.24, 2.45) is 5.10 Å². The fraction of sp³-hybridized carbons (Fsp3) is 0.105. The number of hydrogen-bond acceptors (Lipinski definition) is 4. The number of nitrogens with zero attached hydrogens (tertiary/aromatic N) is 2. The van der Waals surface area contributed by atoms with E-state index in [2.05, 4.69) is 20.7 Å². The van der Waals surface area contributed by atoms with Gasteiger partial charge in [0.15, 0.2) is 0 Å². The van der Waals surface area contributed by atoms with Gasteiger partial charge in [-0.3, -0.25) is 9.89 Å². The Morgan fingerprint density at radius 3 is 2.81 bits per heavy atom. The third-order valence-corrected chi connectivity index (χ3v) is 3.80. The van der Waals surface area contributed by atoms with Gasteiger partial charge >= 0.3 is 0 Å². The van der Waals surface area contributed by atoms with E-state index in [9.17, 15) is 4.79 Å². The zero-order valence-corrected chi connectivity index (χ0v) is 14.8. The third kappa shape index (κ3) is 4.29. The topological polar surface area (TPSA) is 79.4 Å². The first-order valence-corrected chi connectivity index (χ1v) is 8.41. The number of carbonyl (C=O) groups is 1. The molecular weight excluding hydrogens is 352 g/mol. The number of aromatic amines is 1. The Bertz CT molecular complexity index is 919. The molecule has 0 radical (unpaired) electrons. The minimum Gasteiger partial charge on any atom is -0.493 e. The second-order valence-corrected chi connectivity index (χ2v) is 5.78. The number of carbonyl (C=O) groups excluding carboxylic acids is 1. The van der Waals surface area contributed by atoms with E-state index >= 15 is 0 Å². The van der Waals surface area contributed by atoms with Crippen LogP contribution < -0.4 is 10.2 Å². The minimum atomic E-state index is -0.386. The van der Waals surface area contributed by atoms with Crippen LogP contribution in [0, 0.1) is 0 Å². The van der Waals surface area contributed by atoms with Crippen molar-refractivity contribution in [2.45, 2.75) is 6.92 Å². The molecular formula is C19H17ClN4O2. The Kier molecular flexibility index (Phi) is 5.66. The van der Waals surface area contributed by atoms with E-state index in [1.165, 1.54) is 0 Å². The lowest BCUT2D eigenvalue weighted by atomic mass is 10.1. The maximum Gasteiger partial charge on any atom is 0.289 e. The number of para-hydroxylation sites is 1. The lowest BCUT2D eigenvalue weighted by Gasteiger charge is -2.05. The van der Waals surface area contributed by atoms with Gasteiger partial charge in [0.2, 0.25) is 0 Å². The first-order valence-electron chi connectivity index (χ1n) is 8.04. The van der Waals surface area contributed by atoms with Gasteiger partial charge in [0.25, 0.3) is 5.91 Å². The second-order valence-electron chi connectivity index (χ2n) is 5.34. The predicted octanol–water partition coefficient (Wildman–Crippen LogP) is 3.89. The first kappa shape index (κ1) is 17.7. The fourth-order valence-electron chi connectivity index (χ4n) is 2.30. The molecule has 7 heteroatoms. The van der Waals surface area contributed by atoms with Crippen LogP contribution >= 0.6 is 11.6 Å². The van der Waals surface area contributed by atoms with Crippen molar-refractivity contribution in [3.63, 3.8) is 0 Å². The van der Waals surface area contributed by atoms with E-state index in [0.29, 0.717) is 28.8 Å². The number of aromatic nitrogens is 2. The number of hydrazone groups is 1. The normalized spacial score (nSPS) is 10.8. The number of rotatable bonds is 6. The number of amides is 1. The van der Waals surface area contributed by atoms with Crippen LogP contribution in [0.3, 0.4) is 0 Å². The molecule has 3 aromatic rings. The molecule has 0 saturated carbocycles. The van der Waals surface area contributed by atoms with Crippen LogP contribution in [0.25, 0.3) is 11.3 Å². The molecule has 0 saturated heterocycles. The van der Waals surface area contributed by atoms with Crippen LogP contribution in [-0.2, 0) is 0 Å². The zero-order chi connectivity index (χ0) is 18.4. The number of hydrogen-bond donors (Lipinski definition) is 2. The van der Waals surface area contributed by atoms with E-state index in [0.717, 1.165) is 11.1 Å². The smallest absolute Gasteiger partial charge is 0.289 e. The summed E-state index contributed by atoms with van der Waals surface area (Å²) in [6.07, 6.45) is 1.54. The van der Waals surface area contributed by atoms with Crippen molar-refractivity contribution in [1.29, 1.82) is 0 Å². The molecule has 0 atom stereocenters. The third-order valence-electron chi connectivity index (χ3n) is 3.55. The molecule has 0 aliphatic heterocycles. The average Bonchev–Trinajstić information content (AvgIpc) is 3.14. The highest BCUT2D eigenvalue weighted by atomic mass is 35.5. The molecule has 26 heavy (non-hydrogen) atoms. The molecule has 3 rings (SSSR count). The molecule has 132 valence electrons. The summed E-state index contributed by atoms with van der Waals surface area (Å²) in [5.41, 5.74) is 5.07. The van der Waals surface area contributed by atoms with Gasteiger partial charge in [-0.1, -0.05) is 35.9 Å². The Labute approximate surface area is 155 Å². The molecule has 1 heterocycles. The summed E-state index contributed by atoms with van der Waals surface area (Å²) in [6.45, 7) is 2.46. The summed E-state index contributed by atoms with van der Waals surface area (Å²) < 4.78 is 5.51. The molecule has 1 amide bonds. The summed E-state index contributed by atoms with van der Waals surface area (Å²) in [6, 6.07) is 16.3. The number of nitrogens with one attached hydrogen (secondary N) is 2. The Balaban J connectivity index is 1.67. The zero-order valence-electron chi connectivity index (χ0n) is 14.1. The molecule has 2 N–H and O–H groups in total. The summed E-state index contributed by atoms with van der Waals surface area (Å²) >= 11 is 5.88. The van der Waals surface area contributed by atoms with Gasteiger partial charge in [0.05, 0.1) is 18.5 Å². The summed E-state index contributed by atoms with van der Waals surface area (Å²) in [5.74, 6) is 0.322. The van der Waals surface area contributed by atoms with Crippen LogP contribution in [0.15, 0.2) is 59.7 Å². The first-order chi connectivity index (χ1) is 12.7. The minimum absolute atomic E-state index is 0.310. The Hall–Kier alpha value is -3.12. The fourth-order valence-corrected chi connectivity index (χ4v) is 2.43. The molecule has 0 spiro atoms. The van der Waals surface area contributed by atoms with E-state index in [4.69, 9.17) is 16.3 Å². The van der Waals surface area contributed by atoms with Crippen LogP contribution in [-0.4, -0.2) is 28.9 Å². The van der Waals surface area contributed by atoms with E-state index < -0.39 is 0 Å². The quantitative estimate of drug-likeness (QED) is 0.511. The highest BCUT2D eigenvalue weighted by Gasteiger charge is 2.10. The van der Waals surface area contributed by atoms with Gasteiger partial charge in [-0.25, -0.2) is 5.43 Å². The molecule has 0 aliphatic rings. The number of H-pyrrole nitrogens is 1. The van der Waals surface area contributed by atoms with Gasteiger partial charge in [-0.2, -0.15) is 10.2 Å². The lowest BCUT2D eigenvalue weighted by Crippen LogP contribution is -2.18. The summed E-state index contributed by atoms with van der Waals surface area (Å²) in [7, 11) is 0. The lowest BCUT2D eigenvalue weighted by molar-refractivity contribution is 0.0950. The highest BCUT2D eigenvalue weighted by molar-refractivity contribution is 6.30.